The summed E-state index contributed by atoms with van der Waals surface area (Å²) in [5.74, 6) is 0.319. The molecule has 142 valence electrons. The molecule has 6 nitrogen and oxygen atoms in total. The lowest BCUT2D eigenvalue weighted by atomic mass is 9.68. The number of fused-ring (bicyclic) bond motifs is 1. The molecule has 1 saturated heterocycles. The molecule has 1 atom stereocenters. The number of aliphatic hydroxyl groups excluding tert-OH is 1. The molecular weight excluding hydrogens is 354 g/mol. The van der Waals surface area contributed by atoms with Crippen molar-refractivity contribution >= 4 is 28.4 Å². The van der Waals surface area contributed by atoms with Crippen LogP contribution in [0.3, 0.4) is 0 Å². The van der Waals surface area contributed by atoms with Gasteiger partial charge in [-0.2, -0.15) is 5.10 Å². The Hall–Kier alpha value is -1.63. The molecule has 3 rings (SSSR count). The summed E-state index contributed by atoms with van der Waals surface area (Å²) in [5.41, 5.74) is 1.23. The average molecular weight is 380 g/mol. The number of amides is 1. The molecule has 1 aliphatic rings. The third-order valence-corrected chi connectivity index (χ3v) is 5.93. The fraction of sp³-hybridized carbons (Fsp3) is 0.579. The van der Waals surface area contributed by atoms with Crippen LogP contribution in [0.15, 0.2) is 18.3 Å². The molecule has 26 heavy (non-hydrogen) atoms. The van der Waals surface area contributed by atoms with E-state index in [-0.39, 0.29) is 17.9 Å². The molecule has 1 fully saturated rings. The molecule has 7 heteroatoms. The van der Waals surface area contributed by atoms with Gasteiger partial charge in [-0.1, -0.05) is 25.4 Å². The highest BCUT2D eigenvalue weighted by molar-refractivity contribution is 6.31. The van der Waals surface area contributed by atoms with E-state index in [9.17, 15) is 9.90 Å². The van der Waals surface area contributed by atoms with Gasteiger partial charge >= 0.3 is 0 Å². The van der Waals surface area contributed by atoms with Gasteiger partial charge in [-0.15, -0.1) is 0 Å². The SMILES string of the molecule is COCC(=O)N1CCC(C(C)(C)[C@H](O)c2cc(Cl)cc3cn[nH]c23)CC1. The Labute approximate surface area is 158 Å². The monoisotopic (exact) mass is 379 g/mol. The van der Waals surface area contributed by atoms with Crippen LogP contribution in [0.2, 0.25) is 5.02 Å². The van der Waals surface area contributed by atoms with Gasteiger partial charge in [-0.25, -0.2) is 0 Å². The number of halogens is 1. The van der Waals surface area contributed by atoms with E-state index < -0.39 is 6.10 Å². The smallest absolute Gasteiger partial charge is 0.248 e. The molecule has 1 aliphatic heterocycles. The molecule has 1 aromatic carbocycles. The molecule has 2 N–H and O–H groups in total. The first-order chi connectivity index (χ1) is 12.3. The number of rotatable bonds is 5. The standard InChI is InChI=1S/C19H26ClN3O3/c1-19(2,13-4-6-23(7-5-13)16(24)11-26-3)18(25)15-9-14(20)8-12-10-21-22-17(12)15/h8-10,13,18,25H,4-7,11H2,1-3H3,(H,21,22)/t18-/m1/s1. The number of aromatic nitrogens is 2. The first kappa shape index (κ1) is 19.1. The number of nitrogens with one attached hydrogen (secondary N) is 1. The van der Waals surface area contributed by atoms with E-state index in [1.54, 1.807) is 6.20 Å². The zero-order valence-corrected chi connectivity index (χ0v) is 16.2. The van der Waals surface area contributed by atoms with Crippen LogP contribution in [0.1, 0.15) is 38.4 Å². The van der Waals surface area contributed by atoms with Crippen molar-refractivity contribution < 1.29 is 14.6 Å². The Bertz CT molecular complexity index is 781. The number of carbonyl (C=O) groups excluding carboxylic acids is 1. The van der Waals surface area contributed by atoms with Crippen LogP contribution < -0.4 is 0 Å². The van der Waals surface area contributed by atoms with Crippen molar-refractivity contribution in [2.45, 2.75) is 32.8 Å². The van der Waals surface area contributed by atoms with Crippen molar-refractivity contribution in [3.05, 3.63) is 28.9 Å². The highest BCUT2D eigenvalue weighted by atomic mass is 35.5. The van der Waals surface area contributed by atoms with Gasteiger partial charge in [0.05, 0.1) is 17.8 Å². The lowest BCUT2D eigenvalue weighted by molar-refractivity contribution is -0.137. The minimum atomic E-state index is -0.685. The Kier molecular flexibility index (Phi) is 5.55. The third-order valence-electron chi connectivity index (χ3n) is 5.71. The predicted octanol–water partition coefficient (Wildman–Crippen LogP) is 3.16. The second kappa shape index (κ2) is 7.55. The van der Waals surface area contributed by atoms with Crippen LogP contribution in [0.25, 0.3) is 10.9 Å². The number of aliphatic hydroxyl groups is 1. The molecule has 1 aromatic heterocycles. The van der Waals surface area contributed by atoms with E-state index in [1.165, 1.54) is 7.11 Å². The number of benzene rings is 1. The molecule has 0 bridgehead atoms. The van der Waals surface area contributed by atoms with Crippen molar-refractivity contribution in [2.24, 2.45) is 11.3 Å². The summed E-state index contributed by atoms with van der Waals surface area (Å²) in [5, 5.41) is 19.7. The van der Waals surface area contributed by atoms with Gasteiger partial charge in [0.15, 0.2) is 0 Å². The number of methoxy groups -OCH3 is 1. The lowest BCUT2D eigenvalue weighted by Crippen LogP contribution is -2.44. The summed E-state index contributed by atoms with van der Waals surface area (Å²) in [6.07, 6.45) is 2.73. The number of piperidine rings is 1. The van der Waals surface area contributed by atoms with Crippen LogP contribution in [-0.4, -0.2) is 52.9 Å². The maximum atomic E-state index is 12.0. The van der Waals surface area contributed by atoms with Gasteiger partial charge < -0.3 is 14.7 Å². The van der Waals surface area contributed by atoms with Crippen molar-refractivity contribution in [1.82, 2.24) is 15.1 Å². The van der Waals surface area contributed by atoms with Crippen LogP contribution >= 0.6 is 11.6 Å². The van der Waals surface area contributed by atoms with Crippen molar-refractivity contribution in [3.63, 3.8) is 0 Å². The maximum absolute atomic E-state index is 12.0. The minimum Gasteiger partial charge on any atom is -0.388 e. The number of likely N-dealkylation sites (tertiary alicyclic amines) is 1. The molecule has 0 radical (unpaired) electrons. The Balaban J connectivity index is 1.77. The molecule has 0 aliphatic carbocycles. The van der Waals surface area contributed by atoms with E-state index in [1.807, 2.05) is 17.0 Å². The molecular formula is C19H26ClN3O3. The van der Waals surface area contributed by atoms with Crippen LogP contribution in [0.4, 0.5) is 0 Å². The van der Waals surface area contributed by atoms with E-state index in [0.29, 0.717) is 24.0 Å². The molecule has 2 heterocycles. The molecule has 0 saturated carbocycles. The van der Waals surface area contributed by atoms with Crippen LogP contribution in [-0.2, 0) is 9.53 Å². The predicted molar refractivity (Wildman–Crippen MR) is 101 cm³/mol. The number of hydrogen-bond acceptors (Lipinski definition) is 4. The van der Waals surface area contributed by atoms with Gasteiger partial charge in [0, 0.05) is 36.2 Å². The summed E-state index contributed by atoms with van der Waals surface area (Å²) in [4.78, 5) is 13.8. The molecule has 2 aromatic rings. The fourth-order valence-corrected chi connectivity index (χ4v) is 4.21. The van der Waals surface area contributed by atoms with Crippen LogP contribution in [0.5, 0.6) is 0 Å². The van der Waals surface area contributed by atoms with E-state index in [0.717, 1.165) is 29.3 Å². The topological polar surface area (TPSA) is 78.4 Å². The second-order valence-corrected chi connectivity index (χ2v) is 8.08. The minimum absolute atomic E-state index is 0.0262. The number of H-pyrrole nitrogens is 1. The Morgan fingerprint density at radius 1 is 1.46 bits per heavy atom. The van der Waals surface area contributed by atoms with Gasteiger partial charge in [-0.3, -0.25) is 9.89 Å². The first-order valence-electron chi connectivity index (χ1n) is 8.92. The molecule has 0 spiro atoms. The highest BCUT2D eigenvalue weighted by Gasteiger charge is 2.40. The Morgan fingerprint density at radius 3 is 2.81 bits per heavy atom. The molecule has 0 unspecified atom stereocenters. The lowest BCUT2D eigenvalue weighted by Gasteiger charge is -2.43. The Morgan fingerprint density at radius 2 is 2.15 bits per heavy atom. The second-order valence-electron chi connectivity index (χ2n) is 7.64. The third kappa shape index (κ3) is 3.59. The largest absolute Gasteiger partial charge is 0.388 e. The van der Waals surface area contributed by atoms with Crippen LogP contribution in [0, 0.1) is 11.3 Å². The maximum Gasteiger partial charge on any atom is 0.248 e. The van der Waals surface area contributed by atoms with E-state index in [4.69, 9.17) is 16.3 Å². The summed E-state index contributed by atoms with van der Waals surface area (Å²) in [6, 6.07) is 3.65. The van der Waals surface area contributed by atoms with Gasteiger partial charge in [0.2, 0.25) is 5.91 Å². The quantitative estimate of drug-likeness (QED) is 0.836. The van der Waals surface area contributed by atoms with Crippen molar-refractivity contribution in [1.29, 1.82) is 0 Å². The number of ether oxygens (including phenoxy) is 1. The summed E-state index contributed by atoms with van der Waals surface area (Å²) in [6.45, 7) is 5.67. The van der Waals surface area contributed by atoms with E-state index >= 15 is 0 Å². The van der Waals surface area contributed by atoms with Gasteiger partial charge in [0.25, 0.3) is 0 Å². The van der Waals surface area contributed by atoms with Crippen molar-refractivity contribution in [2.75, 3.05) is 26.8 Å². The highest BCUT2D eigenvalue weighted by Crippen LogP contribution is 2.46. The number of aromatic amines is 1. The average Bonchev–Trinajstić information content (AvgIpc) is 3.09. The zero-order valence-electron chi connectivity index (χ0n) is 15.5. The normalized spacial score (nSPS) is 17.7. The number of nitrogens with zero attached hydrogens (tertiary/aromatic N) is 2. The summed E-state index contributed by atoms with van der Waals surface area (Å²) < 4.78 is 4.94. The van der Waals surface area contributed by atoms with Crippen molar-refractivity contribution in [3.8, 4) is 0 Å². The molecule has 1 amide bonds. The number of carbonyl (C=O) groups is 1. The summed E-state index contributed by atoms with van der Waals surface area (Å²) in [7, 11) is 1.53. The first-order valence-corrected chi connectivity index (χ1v) is 9.29. The zero-order chi connectivity index (χ0) is 18.9. The summed E-state index contributed by atoms with van der Waals surface area (Å²) >= 11 is 6.24. The number of hydrogen-bond donors (Lipinski definition) is 2. The van der Waals surface area contributed by atoms with Gasteiger partial charge in [-0.05, 0) is 36.3 Å². The fourth-order valence-electron chi connectivity index (χ4n) is 3.97. The van der Waals surface area contributed by atoms with E-state index in [2.05, 4.69) is 24.0 Å². The van der Waals surface area contributed by atoms with Gasteiger partial charge in [0.1, 0.15) is 6.61 Å².